The number of amides is 1. The minimum atomic E-state index is -0.653. The molecule has 0 saturated carbocycles. The van der Waals surface area contributed by atoms with Crippen molar-refractivity contribution >= 4 is 17.4 Å². The lowest BCUT2D eigenvalue weighted by atomic mass is 10.1. The van der Waals surface area contributed by atoms with Gasteiger partial charge in [0.1, 0.15) is 5.75 Å². The predicted molar refractivity (Wildman–Crippen MR) is 107 cm³/mol. The van der Waals surface area contributed by atoms with Crippen LogP contribution >= 0.6 is 0 Å². The van der Waals surface area contributed by atoms with Gasteiger partial charge in [0.05, 0.1) is 0 Å². The number of nitrogens with one attached hydrogen (secondary N) is 1. The number of hydrogen-bond donors (Lipinski definition) is 1. The number of anilines is 1. The molecule has 4 heteroatoms. The lowest BCUT2D eigenvalue weighted by Gasteiger charge is -2.15. The maximum absolute atomic E-state index is 12.3. The van der Waals surface area contributed by atoms with Crippen LogP contribution in [0.1, 0.15) is 24.2 Å². The highest BCUT2D eigenvalue weighted by Crippen LogP contribution is 2.22. The zero-order chi connectivity index (χ0) is 19.2. The summed E-state index contributed by atoms with van der Waals surface area (Å²) in [7, 11) is 0. The molecule has 0 radical (unpaired) electrons. The summed E-state index contributed by atoms with van der Waals surface area (Å²) in [4.78, 5) is 23.6. The summed E-state index contributed by atoms with van der Waals surface area (Å²) < 4.78 is 5.74. The summed E-state index contributed by atoms with van der Waals surface area (Å²) in [6.07, 6.45) is -0.653. The first-order valence-electron chi connectivity index (χ1n) is 8.77. The van der Waals surface area contributed by atoms with Gasteiger partial charge in [-0.05, 0) is 61.4 Å². The molecule has 0 heterocycles. The van der Waals surface area contributed by atoms with Gasteiger partial charge in [-0.2, -0.15) is 0 Å². The molecule has 0 bridgehead atoms. The van der Waals surface area contributed by atoms with Crippen molar-refractivity contribution in [2.24, 2.45) is 0 Å². The van der Waals surface area contributed by atoms with Crippen LogP contribution in [0.2, 0.25) is 0 Å². The molecule has 0 aliphatic carbocycles. The van der Waals surface area contributed by atoms with Gasteiger partial charge in [0, 0.05) is 11.3 Å². The minimum Gasteiger partial charge on any atom is -0.481 e. The van der Waals surface area contributed by atoms with E-state index in [0.29, 0.717) is 17.0 Å². The van der Waals surface area contributed by atoms with Crippen LogP contribution in [0.4, 0.5) is 5.69 Å². The molecular formula is C23H21NO3. The number of hydrogen-bond acceptors (Lipinski definition) is 3. The summed E-state index contributed by atoms with van der Waals surface area (Å²) in [5, 5.41) is 2.79. The SMILES string of the molecule is CC(=O)c1ccc(NC(=O)C(C)Oc2ccc(-c3ccccc3)cc2)cc1. The van der Waals surface area contributed by atoms with Crippen molar-refractivity contribution < 1.29 is 14.3 Å². The monoisotopic (exact) mass is 359 g/mol. The molecular weight excluding hydrogens is 338 g/mol. The number of Topliss-reactive ketones (excluding diaryl/α,β-unsaturated/α-hetero) is 1. The molecule has 3 aromatic carbocycles. The molecule has 1 amide bonds. The van der Waals surface area contributed by atoms with Gasteiger partial charge in [-0.1, -0.05) is 42.5 Å². The highest BCUT2D eigenvalue weighted by molar-refractivity contribution is 5.96. The van der Waals surface area contributed by atoms with Crippen molar-refractivity contribution in [3.63, 3.8) is 0 Å². The van der Waals surface area contributed by atoms with Crippen LogP contribution in [-0.4, -0.2) is 17.8 Å². The third-order valence-corrected chi connectivity index (χ3v) is 4.20. The number of carbonyl (C=O) groups is 2. The summed E-state index contributed by atoms with van der Waals surface area (Å²) in [6.45, 7) is 3.21. The van der Waals surface area contributed by atoms with E-state index in [9.17, 15) is 9.59 Å². The molecule has 4 nitrogen and oxygen atoms in total. The largest absolute Gasteiger partial charge is 0.481 e. The number of benzene rings is 3. The van der Waals surface area contributed by atoms with E-state index in [0.717, 1.165) is 11.1 Å². The second kappa shape index (κ2) is 8.32. The Bertz CT molecular complexity index is 916. The average molecular weight is 359 g/mol. The standard InChI is InChI=1S/C23H21NO3/c1-16(25)18-8-12-21(13-9-18)24-23(26)17(2)27-22-14-10-20(11-15-22)19-6-4-3-5-7-19/h3-15,17H,1-2H3,(H,24,26). The first-order valence-corrected chi connectivity index (χ1v) is 8.77. The summed E-state index contributed by atoms with van der Waals surface area (Å²) in [5.41, 5.74) is 3.45. The van der Waals surface area contributed by atoms with E-state index in [1.807, 2.05) is 54.6 Å². The van der Waals surface area contributed by atoms with Crippen LogP contribution in [0.5, 0.6) is 5.75 Å². The van der Waals surface area contributed by atoms with Gasteiger partial charge in [-0.3, -0.25) is 9.59 Å². The van der Waals surface area contributed by atoms with Crippen LogP contribution in [0, 0.1) is 0 Å². The zero-order valence-electron chi connectivity index (χ0n) is 15.3. The molecule has 1 unspecified atom stereocenters. The van der Waals surface area contributed by atoms with Crippen LogP contribution < -0.4 is 10.1 Å². The van der Waals surface area contributed by atoms with Crippen molar-refractivity contribution in [2.75, 3.05) is 5.32 Å². The van der Waals surface area contributed by atoms with Gasteiger partial charge in [-0.25, -0.2) is 0 Å². The molecule has 1 atom stereocenters. The van der Waals surface area contributed by atoms with E-state index < -0.39 is 6.10 Å². The quantitative estimate of drug-likeness (QED) is 0.633. The molecule has 3 rings (SSSR count). The van der Waals surface area contributed by atoms with Gasteiger partial charge in [0.2, 0.25) is 0 Å². The van der Waals surface area contributed by atoms with Crippen LogP contribution in [0.25, 0.3) is 11.1 Å². The maximum Gasteiger partial charge on any atom is 0.265 e. The summed E-state index contributed by atoms with van der Waals surface area (Å²) in [5.74, 6) is 0.366. The van der Waals surface area contributed by atoms with Gasteiger partial charge in [-0.15, -0.1) is 0 Å². The second-order valence-electron chi connectivity index (χ2n) is 6.27. The Balaban J connectivity index is 1.60. The van der Waals surface area contributed by atoms with E-state index in [1.165, 1.54) is 6.92 Å². The predicted octanol–water partition coefficient (Wildman–Crippen LogP) is 4.96. The average Bonchev–Trinajstić information content (AvgIpc) is 2.69. The fraction of sp³-hybridized carbons (Fsp3) is 0.130. The molecule has 0 aliphatic heterocycles. The zero-order valence-corrected chi connectivity index (χ0v) is 15.3. The molecule has 0 spiro atoms. The molecule has 1 N–H and O–H groups in total. The van der Waals surface area contributed by atoms with E-state index in [2.05, 4.69) is 5.32 Å². The molecule has 0 aromatic heterocycles. The lowest BCUT2D eigenvalue weighted by molar-refractivity contribution is -0.122. The van der Waals surface area contributed by atoms with Gasteiger partial charge < -0.3 is 10.1 Å². The Kier molecular flexibility index (Phi) is 5.67. The Morgan fingerprint density at radius 1 is 0.815 bits per heavy atom. The third kappa shape index (κ3) is 4.82. The first-order chi connectivity index (χ1) is 13.0. The van der Waals surface area contributed by atoms with Crippen LogP contribution in [0.15, 0.2) is 78.9 Å². The van der Waals surface area contributed by atoms with Crippen molar-refractivity contribution in [3.8, 4) is 16.9 Å². The number of carbonyl (C=O) groups excluding carboxylic acids is 2. The third-order valence-electron chi connectivity index (χ3n) is 4.20. The maximum atomic E-state index is 12.3. The Labute approximate surface area is 158 Å². The van der Waals surface area contributed by atoms with E-state index in [-0.39, 0.29) is 11.7 Å². The van der Waals surface area contributed by atoms with Crippen LogP contribution in [0.3, 0.4) is 0 Å². The molecule has 27 heavy (non-hydrogen) atoms. The van der Waals surface area contributed by atoms with Crippen molar-refractivity contribution in [2.45, 2.75) is 20.0 Å². The molecule has 0 fully saturated rings. The smallest absolute Gasteiger partial charge is 0.265 e. The molecule has 0 aliphatic rings. The number of ketones is 1. The summed E-state index contributed by atoms with van der Waals surface area (Å²) >= 11 is 0. The topological polar surface area (TPSA) is 55.4 Å². The van der Waals surface area contributed by atoms with Gasteiger partial charge in [0.25, 0.3) is 5.91 Å². The van der Waals surface area contributed by atoms with Gasteiger partial charge in [0.15, 0.2) is 11.9 Å². The fourth-order valence-corrected chi connectivity index (χ4v) is 2.65. The van der Waals surface area contributed by atoms with Crippen molar-refractivity contribution in [1.29, 1.82) is 0 Å². The molecule has 3 aromatic rings. The molecule has 0 saturated heterocycles. The fourth-order valence-electron chi connectivity index (χ4n) is 2.65. The Hall–Kier alpha value is -3.40. The number of rotatable bonds is 6. The van der Waals surface area contributed by atoms with Crippen molar-refractivity contribution in [3.05, 3.63) is 84.4 Å². The minimum absolute atomic E-state index is 0.0106. The summed E-state index contributed by atoms with van der Waals surface area (Å²) in [6, 6.07) is 24.5. The Morgan fingerprint density at radius 2 is 1.41 bits per heavy atom. The molecule has 136 valence electrons. The first kappa shape index (κ1) is 18.4. The van der Waals surface area contributed by atoms with Crippen LogP contribution in [-0.2, 0) is 4.79 Å². The highest BCUT2D eigenvalue weighted by Gasteiger charge is 2.15. The van der Waals surface area contributed by atoms with E-state index in [4.69, 9.17) is 4.74 Å². The number of ether oxygens (including phenoxy) is 1. The normalized spacial score (nSPS) is 11.5. The highest BCUT2D eigenvalue weighted by atomic mass is 16.5. The van der Waals surface area contributed by atoms with E-state index in [1.54, 1.807) is 31.2 Å². The lowest BCUT2D eigenvalue weighted by Crippen LogP contribution is -2.30. The second-order valence-corrected chi connectivity index (χ2v) is 6.27. The van der Waals surface area contributed by atoms with Crippen molar-refractivity contribution in [1.82, 2.24) is 0 Å². The van der Waals surface area contributed by atoms with E-state index >= 15 is 0 Å². The Morgan fingerprint density at radius 3 is 2.00 bits per heavy atom. The van der Waals surface area contributed by atoms with Gasteiger partial charge >= 0.3 is 0 Å².